The Balaban J connectivity index is 2.25. The molecule has 0 bridgehead atoms. The lowest BCUT2D eigenvalue weighted by Gasteiger charge is -2.10. The first-order valence-corrected chi connectivity index (χ1v) is 5.08. The Morgan fingerprint density at radius 3 is 2.44 bits per heavy atom. The molecule has 0 saturated heterocycles. The van der Waals surface area contributed by atoms with Crippen LogP contribution in [0, 0.1) is 13.8 Å². The fraction of sp³-hybridized carbons (Fsp3) is 0.154. The lowest BCUT2D eigenvalue weighted by molar-refractivity contribution is 0.102. The van der Waals surface area contributed by atoms with Crippen LogP contribution >= 0.6 is 0 Å². The molecule has 0 spiro atoms. The molecule has 0 fully saturated rings. The molecule has 0 aliphatic heterocycles. The van der Waals surface area contributed by atoms with E-state index in [0.717, 1.165) is 16.8 Å². The van der Waals surface area contributed by atoms with E-state index in [2.05, 4.69) is 5.32 Å². The van der Waals surface area contributed by atoms with Crippen molar-refractivity contribution in [2.24, 2.45) is 0 Å². The predicted molar refractivity (Wildman–Crippen MR) is 62.6 cm³/mol. The van der Waals surface area contributed by atoms with E-state index < -0.39 is 0 Å². The van der Waals surface area contributed by atoms with Gasteiger partial charge >= 0.3 is 0 Å². The smallest absolute Gasteiger partial charge is 0.258 e. The van der Waals surface area contributed by atoms with Crippen LogP contribution in [0.15, 0.2) is 41.2 Å². The molecule has 1 amide bonds. The van der Waals surface area contributed by atoms with Gasteiger partial charge in [0.25, 0.3) is 5.91 Å². The van der Waals surface area contributed by atoms with Gasteiger partial charge in [0.15, 0.2) is 0 Å². The quantitative estimate of drug-likeness (QED) is 0.836. The van der Waals surface area contributed by atoms with E-state index in [1.54, 1.807) is 6.07 Å². The summed E-state index contributed by atoms with van der Waals surface area (Å²) in [6.45, 7) is 3.94. The van der Waals surface area contributed by atoms with Gasteiger partial charge in [-0.3, -0.25) is 4.79 Å². The summed E-state index contributed by atoms with van der Waals surface area (Å²) in [5.74, 6) is -0.147. The minimum Gasteiger partial charge on any atom is -0.472 e. The van der Waals surface area contributed by atoms with Gasteiger partial charge in [-0.15, -0.1) is 0 Å². The topological polar surface area (TPSA) is 42.2 Å². The van der Waals surface area contributed by atoms with Gasteiger partial charge < -0.3 is 9.73 Å². The van der Waals surface area contributed by atoms with E-state index in [9.17, 15) is 4.79 Å². The molecule has 1 heterocycles. The maximum absolute atomic E-state index is 11.8. The van der Waals surface area contributed by atoms with E-state index in [-0.39, 0.29) is 5.91 Å². The second-order valence-corrected chi connectivity index (χ2v) is 3.73. The maximum atomic E-state index is 11.8. The zero-order valence-corrected chi connectivity index (χ0v) is 9.28. The highest BCUT2D eigenvalue weighted by atomic mass is 16.3. The van der Waals surface area contributed by atoms with Crippen LogP contribution in [0.5, 0.6) is 0 Å². The highest BCUT2D eigenvalue weighted by Gasteiger charge is 2.09. The predicted octanol–water partition coefficient (Wildman–Crippen LogP) is 3.15. The van der Waals surface area contributed by atoms with Crippen LogP contribution in [0.2, 0.25) is 0 Å². The second kappa shape index (κ2) is 4.23. The molecule has 1 N–H and O–H groups in total. The van der Waals surface area contributed by atoms with Gasteiger partial charge in [-0.25, -0.2) is 0 Å². The van der Waals surface area contributed by atoms with Gasteiger partial charge in [-0.05, 0) is 31.0 Å². The Bertz CT molecular complexity index is 480. The molecule has 0 aliphatic rings. The van der Waals surface area contributed by atoms with Gasteiger partial charge in [-0.1, -0.05) is 18.2 Å². The third-order valence-corrected chi connectivity index (χ3v) is 2.50. The number of carbonyl (C=O) groups is 1. The van der Waals surface area contributed by atoms with Gasteiger partial charge in [0.1, 0.15) is 6.26 Å². The molecule has 1 aromatic carbocycles. The van der Waals surface area contributed by atoms with Crippen LogP contribution in [0.3, 0.4) is 0 Å². The number of aryl methyl sites for hydroxylation is 2. The van der Waals surface area contributed by atoms with Crippen molar-refractivity contribution in [1.82, 2.24) is 0 Å². The van der Waals surface area contributed by atoms with E-state index in [4.69, 9.17) is 4.42 Å². The highest BCUT2D eigenvalue weighted by Crippen LogP contribution is 2.20. The monoisotopic (exact) mass is 215 g/mol. The summed E-state index contributed by atoms with van der Waals surface area (Å²) < 4.78 is 4.87. The highest BCUT2D eigenvalue weighted by molar-refractivity contribution is 6.04. The molecule has 16 heavy (non-hydrogen) atoms. The zero-order chi connectivity index (χ0) is 11.5. The number of anilines is 1. The van der Waals surface area contributed by atoms with E-state index >= 15 is 0 Å². The third kappa shape index (κ3) is 1.98. The van der Waals surface area contributed by atoms with Crippen molar-refractivity contribution in [3.05, 3.63) is 53.5 Å². The lowest BCUT2D eigenvalue weighted by atomic mass is 10.1. The molecule has 0 radical (unpaired) electrons. The van der Waals surface area contributed by atoms with Crippen LogP contribution in [0.1, 0.15) is 21.5 Å². The molecule has 2 aromatic rings. The minimum absolute atomic E-state index is 0.147. The summed E-state index contributed by atoms with van der Waals surface area (Å²) in [5.41, 5.74) is 3.50. The van der Waals surface area contributed by atoms with Crippen LogP contribution in [0.4, 0.5) is 5.69 Å². The fourth-order valence-electron chi connectivity index (χ4n) is 1.59. The molecular formula is C13H13NO2. The number of hydrogen-bond acceptors (Lipinski definition) is 2. The summed E-state index contributed by atoms with van der Waals surface area (Å²) in [6, 6.07) is 7.55. The van der Waals surface area contributed by atoms with Crippen molar-refractivity contribution in [1.29, 1.82) is 0 Å². The van der Waals surface area contributed by atoms with Gasteiger partial charge in [0.05, 0.1) is 11.8 Å². The average molecular weight is 215 g/mol. The van der Waals surface area contributed by atoms with Crippen molar-refractivity contribution < 1.29 is 9.21 Å². The number of rotatable bonds is 2. The third-order valence-electron chi connectivity index (χ3n) is 2.50. The summed E-state index contributed by atoms with van der Waals surface area (Å²) >= 11 is 0. The molecule has 3 heteroatoms. The molecule has 82 valence electrons. The van der Waals surface area contributed by atoms with E-state index in [0.29, 0.717) is 5.56 Å². The van der Waals surface area contributed by atoms with Crippen molar-refractivity contribution in [2.45, 2.75) is 13.8 Å². The molecular weight excluding hydrogens is 202 g/mol. The standard InChI is InChI=1S/C13H13NO2/c1-9-4-3-5-10(2)12(9)14-13(15)11-6-7-16-8-11/h3-8H,1-2H3,(H,14,15). The van der Waals surface area contributed by atoms with Crippen molar-refractivity contribution >= 4 is 11.6 Å². The maximum Gasteiger partial charge on any atom is 0.258 e. The largest absolute Gasteiger partial charge is 0.472 e. The van der Waals surface area contributed by atoms with Crippen LogP contribution in [-0.4, -0.2) is 5.91 Å². The van der Waals surface area contributed by atoms with Gasteiger partial charge in [0.2, 0.25) is 0 Å². The number of nitrogens with one attached hydrogen (secondary N) is 1. The lowest BCUT2D eigenvalue weighted by Crippen LogP contribution is -2.12. The first kappa shape index (κ1) is 10.5. The van der Waals surface area contributed by atoms with Crippen molar-refractivity contribution in [3.63, 3.8) is 0 Å². The average Bonchev–Trinajstić information content (AvgIpc) is 2.76. The van der Waals surface area contributed by atoms with Crippen LogP contribution in [-0.2, 0) is 0 Å². The SMILES string of the molecule is Cc1cccc(C)c1NC(=O)c1ccoc1. The van der Waals surface area contributed by atoms with Crippen molar-refractivity contribution in [3.8, 4) is 0 Å². The molecule has 2 rings (SSSR count). The van der Waals surface area contributed by atoms with Crippen LogP contribution in [0.25, 0.3) is 0 Å². The number of para-hydroxylation sites is 1. The minimum atomic E-state index is -0.147. The molecule has 0 aliphatic carbocycles. The summed E-state index contributed by atoms with van der Waals surface area (Å²) in [7, 11) is 0. The summed E-state index contributed by atoms with van der Waals surface area (Å²) in [6.07, 6.45) is 2.92. The number of hydrogen-bond donors (Lipinski definition) is 1. The van der Waals surface area contributed by atoms with Gasteiger partial charge in [-0.2, -0.15) is 0 Å². The molecule has 3 nitrogen and oxygen atoms in total. The first-order chi connectivity index (χ1) is 7.68. The van der Waals surface area contributed by atoms with E-state index in [1.165, 1.54) is 12.5 Å². The Morgan fingerprint density at radius 1 is 1.19 bits per heavy atom. The summed E-state index contributed by atoms with van der Waals surface area (Å²) in [5, 5.41) is 2.88. The fourth-order valence-corrected chi connectivity index (χ4v) is 1.59. The van der Waals surface area contributed by atoms with Crippen LogP contribution < -0.4 is 5.32 Å². The Morgan fingerprint density at radius 2 is 1.88 bits per heavy atom. The Hall–Kier alpha value is -2.03. The number of amides is 1. The molecule has 0 saturated carbocycles. The Labute approximate surface area is 94.1 Å². The number of carbonyl (C=O) groups excluding carboxylic acids is 1. The summed E-state index contributed by atoms with van der Waals surface area (Å²) in [4.78, 5) is 11.8. The first-order valence-electron chi connectivity index (χ1n) is 5.08. The van der Waals surface area contributed by atoms with Gasteiger partial charge in [0, 0.05) is 5.69 Å². The number of furan rings is 1. The number of benzene rings is 1. The normalized spacial score (nSPS) is 10.1. The zero-order valence-electron chi connectivity index (χ0n) is 9.28. The molecule has 0 atom stereocenters. The van der Waals surface area contributed by atoms with E-state index in [1.807, 2.05) is 32.0 Å². The second-order valence-electron chi connectivity index (χ2n) is 3.73. The molecule has 1 aromatic heterocycles. The Kier molecular flexibility index (Phi) is 2.77. The molecule has 0 unspecified atom stereocenters. The van der Waals surface area contributed by atoms with Crippen molar-refractivity contribution in [2.75, 3.05) is 5.32 Å².